The normalized spacial score (nSPS) is 16.1. The van der Waals surface area contributed by atoms with Crippen LogP contribution in [-0.2, 0) is 11.3 Å². The number of hydrogen-bond acceptors (Lipinski definition) is 4. The molecule has 6 nitrogen and oxygen atoms in total. The predicted octanol–water partition coefficient (Wildman–Crippen LogP) is 0.112. The molecular weight excluding hydrogens is 268 g/mol. The van der Waals surface area contributed by atoms with E-state index in [1.54, 1.807) is 12.0 Å². The van der Waals surface area contributed by atoms with Gasteiger partial charge in [-0.1, -0.05) is 0 Å². The van der Waals surface area contributed by atoms with Crippen LogP contribution in [0, 0.1) is 0 Å². The third kappa shape index (κ3) is 4.56. The van der Waals surface area contributed by atoms with Gasteiger partial charge in [0.25, 0.3) is 5.91 Å². The number of rotatable bonds is 7. The molecule has 1 aromatic rings. The molecule has 0 unspecified atom stereocenters. The van der Waals surface area contributed by atoms with E-state index in [0.717, 1.165) is 45.0 Å². The van der Waals surface area contributed by atoms with Crippen LogP contribution in [0.4, 0.5) is 0 Å². The summed E-state index contributed by atoms with van der Waals surface area (Å²) in [6, 6.07) is 3.78. The van der Waals surface area contributed by atoms with E-state index in [9.17, 15) is 4.79 Å². The number of methoxy groups -OCH3 is 1. The van der Waals surface area contributed by atoms with Gasteiger partial charge in [0.1, 0.15) is 5.69 Å². The van der Waals surface area contributed by atoms with Crippen molar-refractivity contribution in [2.24, 2.45) is 0 Å². The highest BCUT2D eigenvalue weighted by Gasteiger charge is 2.17. The molecule has 1 fully saturated rings. The maximum absolute atomic E-state index is 12.5. The average molecular weight is 294 g/mol. The molecule has 1 aromatic heterocycles. The SMILES string of the molecule is COCCn1cccc1C(=O)N(C)CCN1CCNCC1. The molecule has 0 radical (unpaired) electrons. The summed E-state index contributed by atoms with van der Waals surface area (Å²) in [5.74, 6) is 0.0752. The summed E-state index contributed by atoms with van der Waals surface area (Å²) in [6.45, 7) is 7.21. The van der Waals surface area contributed by atoms with Gasteiger partial charge in [-0.25, -0.2) is 0 Å². The van der Waals surface area contributed by atoms with Crippen LogP contribution in [0.2, 0.25) is 0 Å². The first kappa shape index (κ1) is 16.0. The quantitative estimate of drug-likeness (QED) is 0.775. The van der Waals surface area contributed by atoms with Crippen molar-refractivity contribution < 1.29 is 9.53 Å². The third-order valence-electron chi connectivity index (χ3n) is 3.89. The highest BCUT2D eigenvalue weighted by molar-refractivity contribution is 5.92. The molecule has 1 amide bonds. The summed E-state index contributed by atoms with van der Waals surface area (Å²) in [7, 11) is 3.54. The number of carbonyl (C=O) groups excluding carboxylic acids is 1. The molecule has 0 aromatic carbocycles. The van der Waals surface area contributed by atoms with Crippen LogP contribution in [0.3, 0.4) is 0 Å². The molecule has 1 aliphatic heterocycles. The van der Waals surface area contributed by atoms with Gasteiger partial charge in [0.05, 0.1) is 6.61 Å². The molecule has 1 aliphatic rings. The van der Waals surface area contributed by atoms with Crippen molar-refractivity contribution in [1.29, 1.82) is 0 Å². The maximum atomic E-state index is 12.5. The molecule has 2 heterocycles. The molecule has 6 heteroatoms. The molecular formula is C15H26N4O2. The molecule has 1 saturated heterocycles. The summed E-state index contributed by atoms with van der Waals surface area (Å²) >= 11 is 0. The molecule has 0 aliphatic carbocycles. The Morgan fingerprint density at radius 2 is 2.14 bits per heavy atom. The average Bonchev–Trinajstić information content (AvgIpc) is 2.99. The number of piperazine rings is 1. The summed E-state index contributed by atoms with van der Waals surface area (Å²) in [5.41, 5.74) is 0.731. The van der Waals surface area contributed by atoms with Crippen molar-refractivity contribution in [1.82, 2.24) is 19.7 Å². The molecule has 21 heavy (non-hydrogen) atoms. The van der Waals surface area contributed by atoms with Gasteiger partial charge in [0.15, 0.2) is 0 Å². The molecule has 0 spiro atoms. The lowest BCUT2D eigenvalue weighted by Gasteiger charge is -2.29. The van der Waals surface area contributed by atoms with Crippen molar-refractivity contribution >= 4 is 5.91 Å². The lowest BCUT2D eigenvalue weighted by Crippen LogP contribution is -2.46. The van der Waals surface area contributed by atoms with E-state index in [1.165, 1.54) is 0 Å². The zero-order valence-electron chi connectivity index (χ0n) is 13.0. The van der Waals surface area contributed by atoms with Gasteiger partial charge in [0.2, 0.25) is 0 Å². The van der Waals surface area contributed by atoms with Crippen molar-refractivity contribution in [3.8, 4) is 0 Å². The van der Waals surface area contributed by atoms with Gasteiger partial charge in [-0.05, 0) is 12.1 Å². The number of aromatic nitrogens is 1. The van der Waals surface area contributed by atoms with Crippen LogP contribution >= 0.6 is 0 Å². The molecule has 0 atom stereocenters. The minimum absolute atomic E-state index is 0.0752. The van der Waals surface area contributed by atoms with Crippen LogP contribution in [0.25, 0.3) is 0 Å². The van der Waals surface area contributed by atoms with E-state index in [-0.39, 0.29) is 5.91 Å². The van der Waals surface area contributed by atoms with Crippen LogP contribution in [0.1, 0.15) is 10.5 Å². The highest BCUT2D eigenvalue weighted by Crippen LogP contribution is 2.06. The second-order valence-electron chi connectivity index (χ2n) is 5.40. The third-order valence-corrected chi connectivity index (χ3v) is 3.89. The Morgan fingerprint density at radius 1 is 1.38 bits per heavy atom. The second-order valence-corrected chi connectivity index (χ2v) is 5.40. The predicted molar refractivity (Wildman–Crippen MR) is 82.6 cm³/mol. The minimum Gasteiger partial charge on any atom is -0.383 e. The first-order valence-electron chi connectivity index (χ1n) is 7.55. The number of likely N-dealkylation sites (N-methyl/N-ethyl adjacent to an activating group) is 1. The molecule has 0 saturated carbocycles. The monoisotopic (exact) mass is 294 g/mol. The number of amides is 1. The number of hydrogen-bond donors (Lipinski definition) is 1. The zero-order chi connectivity index (χ0) is 15.1. The van der Waals surface area contributed by atoms with Crippen LogP contribution in [-0.4, -0.2) is 80.3 Å². The van der Waals surface area contributed by atoms with Crippen molar-refractivity contribution in [3.63, 3.8) is 0 Å². The minimum atomic E-state index is 0.0752. The Kier molecular flexibility index (Phi) is 6.22. The van der Waals surface area contributed by atoms with Crippen LogP contribution in [0.5, 0.6) is 0 Å². The van der Waals surface area contributed by atoms with Gasteiger partial charge < -0.3 is 19.5 Å². The van der Waals surface area contributed by atoms with Crippen LogP contribution < -0.4 is 5.32 Å². The van der Waals surface area contributed by atoms with Gasteiger partial charge >= 0.3 is 0 Å². The lowest BCUT2D eigenvalue weighted by atomic mass is 10.3. The Balaban J connectivity index is 1.85. The standard InChI is InChI=1S/C15H26N4O2/c1-17(10-11-18-8-5-16-6-9-18)15(20)14-4-3-7-19(14)12-13-21-2/h3-4,7,16H,5-6,8-13H2,1-2H3. The van der Waals surface area contributed by atoms with Crippen molar-refractivity contribution in [2.75, 3.05) is 60.0 Å². The fraction of sp³-hybridized carbons (Fsp3) is 0.667. The van der Waals surface area contributed by atoms with Crippen LogP contribution in [0.15, 0.2) is 18.3 Å². The van der Waals surface area contributed by atoms with E-state index < -0.39 is 0 Å². The van der Waals surface area contributed by atoms with Gasteiger partial charge in [-0.3, -0.25) is 9.69 Å². The van der Waals surface area contributed by atoms with Gasteiger partial charge in [-0.2, -0.15) is 0 Å². The van der Waals surface area contributed by atoms with Crippen molar-refractivity contribution in [3.05, 3.63) is 24.0 Å². The summed E-state index contributed by atoms with van der Waals surface area (Å²) in [4.78, 5) is 16.7. The van der Waals surface area contributed by atoms with E-state index in [4.69, 9.17) is 4.74 Å². The summed E-state index contributed by atoms with van der Waals surface area (Å²) < 4.78 is 7.03. The van der Waals surface area contributed by atoms with E-state index >= 15 is 0 Å². The summed E-state index contributed by atoms with van der Waals surface area (Å²) in [5, 5.41) is 3.34. The van der Waals surface area contributed by atoms with Gasteiger partial charge in [-0.15, -0.1) is 0 Å². The number of nitrogens with one attached hydrogen (secondary N) is 1. The molecule has 0 bridgehead atoms. The molecule has 2 rings (SSSR count). The number of ether oxygens (including phenoxy) is 1. The topological polar surface area (TPSA) is 49.7 Å². The van der Waals surface area contributed by atoms with Gasteiger partial charge in [0, 0.05) is 66.2 Å². The second kappa shape index (κ2) is 8.17. The van der Waals surface area contributed by atoms with E-state index in [1.807, 2.05) is 29.9 Å². The van der Waals surface area contributed by atoms with Crippen molar-refractivity contribution in [2.45, 2.75) is 6.54 Å². The fourth-order valence-corrected chi connectivity index (χ4v) is 2.52. The largest absolute Gasteiger partial charge is 0.383 e. The first-order chi connectivity index (χ1) is 10.2. The Labute approximate surface area is 126 Å². The Hall–Kier alpha value is -1.37. The van der Waals surface area contributed by atoms with E-state index in [2.05, 4.69) is 10.2 Å². The zero-order valence-corrected chi connectivity index (χ0v) is 13.0. The lowest BCUT2D eigenvalue weighted by molar-refractivity contribution is 0.0761. The summed E-state index contributed by atoms with van der Waals surface area (Å²) in [6.07, 6.45) is 1.93. The highest BCUT2D eigenvalue weighted by atomic mass is 16.5. The fourth-order valence-electron chi connectivity index (χ4n) is 2.52. The number of carbonyl (C=O) groups is 1. The smallest absolute Gasteiger partial charge is 0.270 e. The molecule has 1 N–H and O–H groups in total. The maximum Gasteiger partial charge on any atom is 0.270 e. The Morgan fingerprint density at radius 3 is 2.86 bits per heavy atom. The molecule has 118 valence electrons. The first-order valence-corrected chi connectivity index (χ1v) is 7.55. The number of nitrogens with zero attached hydrogens (tertiary/aromatic N) is 3. The van der Waals surface area contributed by atoms with E-state index in [0.29, 0.717) is 13.2 Å². The Bertz CT molecular complexity index is 441.